The van der Waals surface area contributed by atoms with Gasteiger partial charge in [0.2, 0.25) is 0 Å². The van der Waals surface area contributed by atoms with Gasteiger partial charge in [0.15, 0.2) is 0 Å². The van der Waals surface area contributed by atoms with E-state index in [0.717, 1.165) is 47.8 Å². The van der Waals surface area contributed by atoms with E-state index in [4.69, 9.17) is 4.98 Å². The molecule has 0 amide bonds. The molecule has 22 heavy (non-hydrogen) atoms. The molecule has 114 valence electrons. The van der Waals surface area contributed by atoms with E-state index >= 15 is 0 Å². The molecule has 4 heteroatoms. The highest BCUT2D eigenvalue weighted by atomic mass is 16.4. The number of fused-ring (bicyclic) bond motifs is 2. The van der Waals surface area contributed by atoms with Crippen molar-refractivity contribution < 1.29 is 15.4 Å². The molecule has 1 fully saturated rings. The molecular weight excluding hydrogens is 278 g/mol. The molecule has 1 saturated carbocycles. The van der Waals surface area contributed by atoms with Crippen molar-refractivity contribution in [2.75, 3.05) is 0 Å². The number of carbonyl (C=O) groups is 1. The Hall–Kier alpha value is -2.20. The third-order valence-corrected chi connectivity index (χ3v) is 4.75. The van der Waals surface area contributed by atoms with Gasteiger partial charge >= 0.3 is 5.97 Å². The SMILES string of the molecule is O.O=C(O)c1c2c(nc3ccccc13)C(=C1CCCC1)CC2. The summed E-state index contributed by atoms with van der Waals surface area (Å²) < 4.78 is 0. The highest BCUT2D eigenvalue weighted by Gasteiger charge is 2.28. The zero-order valence-corrected chi connectivity index (χ0v) is 12.4. The quantitative estimate of drug-likeness (QED) is 0.876. The van der Waals surface area contributed by atoms with Crippen LogP contribution in [0.25, 0.3) is 16.5 Å². The average molecular weight is 297 g/mol. The van der Waals surface area contributed by atoms with Crippen molar-refractivity contribution >= 4 is 22.4 Å². The van der Waals surface area contributed by atoms with Crippen LogP contribution in [0.2, 0.25) is 0 Å². The Morgan fingerprint density at radius 2 is 1.77 bits per heavy atom. The summed E-state index contributed by atoms with van der Waals surface area (Å²) in [5, 5.41) is 10.4. The van der Waals surface area contributed by atoms with Gasteiger partial charge in [0, 0.05) is 5.39 Å². The van der Waals surface area contributed by atoms with Crippen LogP contribution in [-0.2, 0) is 6.42 Å². The fraction of sp³-hybridized carbons (Fsp3) is 0.333. The van der Waals surface area contributed by atoms with Gasteiger partial charge in [0.05, 0.1) is 16.8 Å². The molecule has 3 N–H and O–H groups in total. The summed E-state index contributed by atoms with van der Waals surface area (Å²) >= 11 is 0. The normalized spacial score (nSPS) is 16.7. The minimum absolute atomic E-state index is 0. The number of aromatic carboxylic acids is 1. The van der Waals surface area contributed by atoms with Crippen molar-refractivity contribution in [3.63, 3.8) is 0 Å². The first-order chi connectivity index (χ1) is 10.3. The summed E-state index contributed by atoms with van der Waals surface area (Å²) in [7, 11) is 0. The van der Waals surface area contributed by atoms with Gasteiger partial charge in [-0.25, -0.2) is 9.78 Å². The molecule has 2 aliphatic carbocycles. The molecule has 1 heterocycles. The van der Waals surface area contributed by atoms with E-state index in [1.807, 2.05) is 24.3 Å². The maximum atomic E-state index is 11.8. The zero-order valence-electron chi connectivity index (χ0n) is 12.4. The standard InChI is InChI=1S/C18H17NO2.H2O/c20-18(21)16-13-7-3-4-8-15(13)19-17-12(9-10-14(16)17)11-5-1-2-6-11;/h3-4,7-8H,1-2,5-6,9-10H2,(H,20,21);1H2. The minimum atomic E-state index is -0.831. The van der Waals surface area contributed by atoms with Crippen LogP contribution in [0, 0.1) is 0 Å². The van der Waals surface area contributed by atoms with Gasteiger partial charge in [-0.05, 0) is 55.7 Å². The second-order valence-corrected chi connectivity index (χ2v) is 5.93. The van der Waals surface area contributed by atoms with Crippen LogP contribution in [0.1, 0.15) is 53.7 Å². The number of rotatable bonds is 1. The molecule has 0 bridgehead atoms. The number of benzene rings is 1. The van der Waals surface area contributed by atoms with E-state index < -0.39 is 5.97 Å². The van der Waals surface area contributed by atoms with Crippen LogP contribution in [-0.4, -0.2) is 21.5 Å². The molecule has 2 aromatic rings. The van der Waals surface area contributed by atoms with Crippen LogP contribution < -0.4 is 0 Å². The summed E-state index contributed by atoms with van der Waals surface area (Å²) in [6.07, 6.45) is 6.60. The second-order valence-electron chi connectivity index (χ2n) is 5.93. The first kappa shape index (κ1) is 14.7. The number of allylic oxidation sites excluding steroid dienone is 2. The topological polar surface area (TPSA) is 81.7 Å². The van der Waals surface area contributed by atoms with Crippen molar-refractivity contribution in [1.82, 2.24) is 4.98 Å². The number of hydrogen-bond donors (Lipinski definition) is 1. The fourth-order valence-electron chi connectivity index (χ4n) is 3.80. The molecule has 0 radical (unpaired) electrons. The van der Waals surface area contributed by atoms with Crippen molar-refractivity contribution in [2.45, 2.75) is 38.5 Å². The molecule has 0 saturated heterocycles. The Morgan fingerprint density at radius 3 is 2.50 bits per heavy atom. The molecule has 0 aliphatic heterocycles. The van der Waals surface area contributed by atoms with E-state index in [9.17, 15) is 9.90 Å². The Labute approximate surface area is 128 Å². The number of hydrogen-bond acceptors (Lipinski definition) is 2. The minimum Gasteiger partial charge on any atom is -0.478 e. The lowest BCUT2D eigenvalue weighted by molar-refractivity contribution is 0.0698. The second kappa shape index (κ2) is 5.54. The summed E-state index contributed by atoms with van der Waals surface area (Å²) in [6.45, 7) is 0. The van der Waals surface area contributed by atoms with E-state index in [1.165, 1.54) is 24.0 Å². The van der Waals surface area contributed by atoms with Gasteiger partial charge in [-0.3, -0.25) is 0 Å². The predicted molar refractivity (Wildman–Crippen MR) is 86.0 cm³/mol. The van der Waals surface area contributed by atoms with E-state index in [0.29, 0.717) is 5.56 Å². The lowest BCUT2D eigenvalue weighted by atomic mass is 10.00. The van der Waals surface area contributed by atoms with E-state index in [2.05, 4.69) is 0 Å². The molecule has 4 nitrogen and oxygen atoms in total. The van der Waals surface area contributed by atoms with Crippen LogP contribution in [0.5, 0.6) is 0 Å². The maximum absolute atomic E-state index is 11.8. The third-order valence-electron chi connectivity index (χ3n) is 4.75. The van der Waals surface area contributed by atoms with Gasteiger partial charge < -0.3 is 10.6 Å². The number of carboxylic acid groups (broad SMARTS) is 1. The van der Waals surface area contributed by atoms with Gasteiger partial charge in [-0.15, -0.1) is 0 Å². The largest absolute Gasteiger partial charge is 0.478 e. The molecule has 2 aliphatic rings. The Kier molecular flexibility index (Phi) is 3.71. The van der Waals surface area contributed by atoms with Crippen LogP contribution in [0.3, 0.4) is 0 Å². The highest BCUT2D eigenvalue weighted by Crippen LogP contribution is 2.41. The summed E-state index contributed by atoms with van der Waals surface area (Å²) in [5.41, 5.74) is 6.00. The lowest BCUT2D eigenvalue weighted by Crippen LogP contribution is -2.05. The number of para-hydroxylation sites is 1. The molecule has 1 aromatic heterocycles. The van der Waals surface area contributed by atoms with Gasteiger partial charge in [0.1, 0.15) is 0 Å². The Morgan fingerprint density at radius 1 is 1.05 bits per heavy atom. The monoisotopic (exact) mass is 297 g/mol. The van der Waals surface area contributed by atoms with Gasteiger partial charge in [-0.1, -0.05) is 23.8 Å². The third kappa shape index (κ3) is 2.11. The van der Waals surface area contributed by atoms with Crippen molar-refractivity contribution in [2.24, 2.45) is 0 Å². The number of carboxylic acids is 1. The molecule has 0 spiro atoms. The fourth-order valence-corrected chi connectivity index (χ4v) is 3.80. The molecular formula is C18H19NO3. The van der Waals surface area contributed by atoms with Gasteiger partial charge in [-0.2, -0.15) is 0 Å². The molecule has 1 aromatic carbocycles. The first-order valence-electron chi connectivity index (χ1n) is 7.62. The predicted octanol–water partition coefficient (Wildman–Crippen LogP) is 3.38. The van der Waals surface area contributed by atoms with Crippen LogP contribution in [0.15, 0.2) is 29.8 Å². The van der Waals surface area contributed by atoms with Crippen molar-refractivity contribution in [1.29, 1.82) is 0 Å². The van der Waals surface area contributed by atoms with E-state index in [1.54, 1.807) is 0 Å². The van der Waals surface area contributed by atoms with E-state index in [-0.39, 0.29) is 5.48 Å². The Bertz CT molecular complexity index is 784. The zero-order chi connectivity index (χ0) is 14.4. The molecule has 0 atom stereocenters. The highest BCUT2D eigenvalue weighted by molar-refractivity contribution is 6.05. The molecule has 4 rings (SSSR count). The van der Waals surface area contributed by atoms with Gasteiger partial charge in [0.25, 0.3) is 0 Å². The Balaban J connectivity index is 0.00000144. The summed E-state index contributed by atoms with van der Waals surface area (Å²) in [4.78, 5) is 16.6. The van der Waals surface area contributed by atoms with Crippen LogP contribution in [0.4, 0.5) is 0 Å². The van der Waals surface area contributed by atoms with Crippen LogP contribution >= 0.6 is 0 Å². The van der Waals surface area contributed by atoms with Crippen molar-refractivity contribution in [3.8, 4) is 0 Å². The lowest BCUT2D eigenvalue weighted by Gasteiger charge is -2.10. The summed E-state index contributed by atoms with van der Waals surface area (Å²) in [5.74, 6) is -0.831. The maximum Gasteiger partial charge on any atom is 0.336 e. The first-order valence-corrected chi connectivity index (χ1v) is 7.62. The smallest absolute Gasteiger partial charge is 0.336 e. The summed E-state index contributed by atoms with van der Waals surface area (Å²) in [6, 6.07) is 7.59. The number of nitrogens with zero attached hydrogens (tertiary/aromatic N) is 1. The molecule has 0 unspecified atom stereocenters. The number of pyridine rings is 1. The van der Waals surface area contributed by atoms with Crippen molar-refractivity contribution in [3.05, 3.63) is 46.7 Å². The number of aromatic nitrogens is 1. The average Bonchev–Trinajstić information content (AvgIpc) is 3.12.